The number of benzene rings is 1. The highest BCUT2D eigenvalue weighted by Crippen LogP contribution is 2.17. The van der Waals surface area contributed by atoms with Gasteiger partial charge in [0.15, 0.2) is 0 Å². The van der Waals surface area contributed by atoms with Crippen molar-refractivity contribution in [3.8, 4) is 0 Å². The maximum Gasteiger partial charge on any atom is 0.224 e. The van der Waals surface area contributed by atoms with Crippen LogP contribution in [0.4, 0.5) is 15.8 Å². The third kappa shape index (κ3) is 4.06. The van der Waals surface area contributed by atoms with Crippen molar-refractivity contribution in [1.82, 2.24) is 0 Å². The van der Waals surface area contributed by atoms with E-state index >= 15 is 0 Å². The van der Waals surface area contributed by atoms with Crippen LogP contribution in [-0.2, 0) is 11.2 Å². The number of nitrogen functional groups attached to an aromatic ring is 1. The molecule has 1 aromatic carbocycles. The topological polar surface area (TPSA) is 55.1 Å². The van der Waals surface area contributed by atoms with Gasteiger partial charge in [0.1, 0.15) is 5.82 Å². The first-order valence-electron chi connectivity index (χ1n) is 6.02. The molecule has 0 radical (unpaired) electrons. The van der Waals surface area contributed by atoms with E-state index in [4.69, 9.17) is 5.73 Å². The molecule has 0 saturated carbocycles. The molecule has 19 heavy (non-hydrogen) atoms. The predicted octanol–water partition coefficient (Wildman–Crippen LogP) is 3.43. The predicted molar refractivity (Wildman–Crippen MR) is 76.7 cm³/mol. The normalized spacial score (nSPS) is 10.4. The van der Waals surface area contributed by atoms with Crippen molar-refractivity contribution in [3.05, 3.63) is 46.4 Å². The molecule has 0 atom stereocenters. The van der Waals surface area contributed by atoms with E-state index in [2.05, 4.69) is 11.4 Å². The molecule has 0 aliphatic heterocycles. The summed E-state index contributed by atoms with van der Waals surface area (Å²) in [6.45, 7) is 0. The number of rotatable bonds is 5. The van der Waals surface area contributed by atoms with Crippen LogP contribution < -0.4 is 11.1 Å². The van der Waals surface area contributed by atoms with Crippen LogP contribution in [0.3, 0.4) is 0 Å². The van der Waals surface area contributed by atoms with Crippen molar-refractivity contribution in [1.29, 1.82) is 0 Å². The summed E-state index contributed by atoms with van der Waals surface area (Å²) in [6, 6.07) is 8.31. The first kappa shape index (κ1) is 13.5. The van der Waals surface area contributed by atoms with E-state index in [0.29, 0.717) is 12.1 Å². The van der Waals surface area contributed by atoms with Gasteiger partial charge >= 0.3 is 0 Å². The van der Waals surface area contributed by atoms with Gasteiger partial charge < -0.3 is 11.1 Å². The first-order chi connectivity index (χ1) is 9.15. The number of thiophene rings is 1. The lowest BCUT2D eigenvalue weighted by molar-refractivity contribution is -0.116. The zero-order chi connectivity index (χ0) is 13.7. The van der Waals surface area contributed by atoms with Gasteiger partial charge in [-0.3, -0.25) is 4.79 Å². The molecule has 2 aromatic rings. The molecule has 2 rings (SSSR count). The molecule has 0 spiro atoms. The summed E-state index contributed by atoms with van der Waals surface area (Å²) >= 11 is 1.69. The fraction of sp³-hybridized carbons (Fsp3) is 0.214. The Hall–Kier alpha value is -1.88. The molecule has 1 amide bonds. The van der Waals surface area contributed by atoms with Gasteiger partial charge in [0.2, 0.25) is 5.91 Å². The molecule has 1 aromatic heterocycles. The van der Waals surface area contributed by atoms with E-state index in [0.717, 1.165) is 12.8 Å². The Bertz CT molecular complexity index is 555. The van der Waals surface area contributed by atoms with Crippen LogP contribution in [0.25, 0.3) is 0 Å². The van der Waals surface area contributed by atoms with E-state index in [1.807, 2.05) is 11.4 Å². The number of anilines is 2. The highest BCUT2D eigenvalue weighted by molar-refractivity contribution is 7.09. The number of aryl methyl sites for hydroxylation is 1. The molecule has 0 aliphatic carbocycles. The van der Waals surface area contributed by atoms with Crippen LogP contribution in [0.5, 0.6) is 0 Å². The second kappa shape index (κ2) is 6.33. The number of nitrogens with one attached hydrogen (secondary N) is 1. The van der Waals surface area contributed by atoms with Crippen molar-refractivity contribution in [2.45, 2.75) is 19.3 Å². The van der Waals surface area contributed by atoms with Gasteiger partial charge in [0.25, 0.3) is 0 Å². The standard InChI is InChI=1S/C14H15FN2OS/c15-12-9-10(6-7-13(12)16)17-14(18)5-1-3-11-4-2-8-19-11/h2,4,6-9H,1,3,5,16H2,(H,17,18). The smallest absolute Gasteiger partial charge is 0.224 e. The molecule has 1 heterocycles. The lowest BCUT2D eigenvalue weighted by atomic mass is 10.2. The Labute approximate surface area is 115 Å². The molecule has 0 unspecified atom stereocenters. The van der Waals surface area contributed by atoms with E-state index in [9.17, 15) is 9.18 Å². The summed E-state index contributed by atoms with van der Waals surface area (Å²) in [6.07, 6.45) is 2.09. The van der Waals surface area contributed by atoms with Crippen molar-refractivity contribution in [3.63, 3.8) is 0 Å². The highest BCUT2D eigenvalue weighted by Gasteiger charge is 2.05. The fourth-order valence-electron chi connectivity index (χ4n) is 1.71. The van der Waals surface area contributed by atoms with Crippen LogP contribution >= 0.6 is 11.3 Å². The summed E-state index contributed by atoms with van der Waals surface area (Å²) < 4.78 is 13.2. The van der Waals surface area contributed by atoms with Crippen molar-refractivity contribution >= 4 is 28.6 Å². The quantitative estimate of drug-likeness (QED) is 0.823. The summed E-state index contributed by atoms with van der Waals surface area (Å²) in [7, 11) is 0. The van der Waals surface area contributed by atoms with Gasteiger partial charge in [-0.05, 0) is 42.5 Å². The summed E-state index contributed by atoms with van der Waals surface area (Å²) in [5.74, 6) is -0.628. The molecular formula is C14H15FN2OS. The fourth-order valence-corrected chi connectivity index (χ4v) is 2.46. The Morgan fingerprint density at radius 3 is 2.89 bits per heavy atom. The van der Waals surface area contributed by atoms with E-state index < -0.39 is 5.82 Å². The van der Waals surface area contributed by atoms with Crippen LogP contribution in [0.15, 0.2) is 35.7 Å². The summed E-state index contributed by atoms with van der Waals surface area (Å²) in [4.78, 5) is 12.9. The van der Waals surface area contributed by atoms with Gasteiger partial charge in [0.05, 0.1) is 5.69 Å². The molecule has 0 fully saturated rings. The molecule has 0 saturated heterocycles. The minimum atomic E-state index is -0.517. The van der Waals surface area contributed by atoms with Crippen molar-refractivity contribution < 1.29 is 9.18 Å². The molecule has 3 nitrogen and oxygen atoms in total. The molecule has 0 bridgehead atoms. The second-order valence-electron chi connectivity index (χ2n) is 4.22. The Morgan fingerprint density at radius 2 is 2.21 bits per heavy atom. The maximum absolute atomic E-state index is 13.2. The van der Waals surface area contributed by atoms with Gasteiger partial charge in [-0.25, -0.2) is 4.39 Å². The third-order valence-electron chi connectivity index (χ3n) is 2.69. The molecule has 5 heteroatoms. The summed E-state index contributed by atoms with van der Waals surface area (Å²) in [5.41, 5.74) is 5.88. The van der Waals surface area contributed by atoms with Crippen LogP contribution in [0.1, 0.15) is 17.7 Å². The van der Waals surface area contributed by atoms with Gasteiger partial charge in [-0.15, -0.1) is 11.3 Å². The van der Waals surface area contributed by atoms with Crippen LogP contribution in [-0.4, -0.2) is 5.91 Å². The van der Waals surface area contributed by atoms with E-state index in [1.165, 1.54) is 17.0 Å². The summed E-state index contributed by atoms with van der Waals surface area (Å²) in [5, 5.41) is 4.68. The number of nitrogens with two attached hydrogens (primary N) is 1. The van der Waals surface area contributed by atoms with E-state index in [1.54, 1.807) is 17.4 Å². The monoisotopic (exact) mass is 278 g/mol. The average Bonchev–Trinajstić information content (AvgIpc) is 2.87. The highest BCUT2D eigenvalue weighted by atomic mass is 32.1. The number of carbonyl (C=O) groups excluding carboxylic acids is 1. The third-order valence-corrected chi connectivity index (χ3v) is 3.63. The zero-order valence-corrected chi connectivity index (χ0v) is 11.2. The van der Waals surface area contributed by atoms with Gasteiger partial charge in [-0.1, -0.05) is 6.07 Å². The Kier molecular flexibility index (Phi) is 4.52. The zero-order valence-electron chi connectivity index (χ0n) is 10.4. The number of halogens is 1. The van der Waals surface area contributed by atoms with Gasteiger partial charge in [-0.2, -0.15) is 0 Å². The molecule has 100 valence electrons. The van der Waals surface area contributed by atoms with Crippen molar-refractivity contribution in [2.75, 3.05) is 11.1 Å². The lowest BCUT2D eigenvalue weighted by Gasteiger charge is -2.06. The Morgan fingerprint density at radius 1 is 1.37 bits per heavy atom. The molecular weight excluding hydrogens is 263 g/mol. The maximum atomic E-state index is 13.2. The lowest BCUT2D eigenvalue weighted by Crippen LogP contribution is -2.11. The number of carbonyl (C=O) groups is 1. The number of hydrogen-bond acceptors (Lipinski definition) is 3. The van der Waals surface area contributed by atoms with Crippen LogP contribution in [0.2, 0.25) is 0 Å². The SMILES string of the molecule is Nc1ccc(NC(=O)CCCc2cccs2)cc1F. The minimum Gasteiger partial charge on any atom is -0.396 e. The number of amides is 1. The number of hydrogen-bond donors (Lipinski definition) is 2. The van der Waals surface area contributed by atoms with E-state index in [-0.39, 0.29) is 11.6 Å². The van der Waals surface area contributed by atoms with Gasteiger partial charge in [0, 0.05) is 17.0 Å². The molecule has 0 aliphatic rings. The minimum absolute atomic E-state index is 0.0793. The second-order valence-corrected chi connectivity index (χ2v) is 5.25. The Balaban J connectivity index is 1.79. The first-order valence-corrected chi connectivity index (χ1v) is 6.90. The van der Waals surface area contributed by atoms with Crippen molar-refractivity contribution in [2.24, 2.45) is 0 Å². The molecule has 3 N–H and O–H groups in total. The average molecular weight is 278 g/mol. The van der Waals surface area contributed by atoms with Crippen LogP contribution in [0, 0.1) is 5.82 Å². The largest absolute Gasteiger partial charge is 0.396 e.